The van der Waals surface area contributed by atoms with Crippen molar-refractivity contribution in [3.63, 3.8) is 0 Å². The summed E-state index contributed by atoms with van der Waals surface area (Å²) in [6.45, 7) is 0. The third-order valence-electron chi connectivity index (χ3n) is 2.26. The lowest BCUT2D eigenvalue weighted by atomic mass is 10.2. The number of benzene rings is 1. The van der Waals surface area contributed by atoms with Crippen LogP contribution in [0.5, 0.6) is 5.75 Å². The van der Waals surface area contributed by atoms with Gasteiger partial charge in [-0.1, -0.05) is 0 Å². The minimum Gasteiger partial charge on any atom is -0.497 e. The number of fused-ring (bicyclic) bond motifs is 1. The van der Waals surface area contributed by atoms with Crippen molar-refractivity contribution >= 4 is 36.9 Å². The summed E-state index contributed by atoms with van der Waals surface area (Å²) in [5, 5.41) is 0.845. The van der Waals surface area contributed by atoms with Crippen molar-refractivity contribution in [1.29, 1.82) is 0 Å². The van der Waals surface area contributed by atoms with E-state index >= 15 is 0 Å². The monoisotopic (exact) mass is 303 g/mol. The van der Waals surface area contributed by atoms with Crippen LogP contribution in [0.25, 0.3) is 10.9 Å². The average Bonchev–Trinajstić information content (AvgIpc) is 2.51. The normalized spacial score (nSPS) is 11.9. The van der Waals surface area contributed by atoms with Gasteiger partial charge < -0.3 is 4.74 Å². The van der Waals surface area contributed by atoms with Gasteiger partial charge >= 0.3 is 0 Å². The van der Waals surface area contributed by atoms with Gasteiger partial charge in [-0.25, -0.2) is 12.4 Å². The van der Waals surface area contributed by atoms with Crippen LogP contribution >= 0.6 is 15.9 Å². The Bertz CT molecular complexity index is 645. The lowest BCUT2D eigenvalue weighted by Gasteiger charge is -2.05. The van der Waals surface area contributed by atoms with Crippen LogP contribution in [0.4, 0.5) is 0 Å². The van der Waals surface area contributed by atoms with Crippen molar-refractivity contribution in [3.8, 4) is 5.75 Å². The molecule has 4 nitrogen and oxygen atoms in total. The van der Waals surface area contributed by atoms with E-state index in [0.29, 0.717) is 15.9 Å². The van der Waals surface area contributed by atoms with E-state index in [1.165, 1.54) is 3.97 Å². The van der Waals surface area contributed by atoms with Gasteiger partial charge in [0, 0.05) is 11.5 Å². The van der Waals surface area contributed by atoms with Crippen LogP contribution in [0.15, 0.2) is 28.9 Å². The van der Waals surface area contributed by atoms with E-state index in [-0.39, 0.29) is 0 Å². The minimum atomic E-state index is -3.33. The van der Waals surface area contributed by atoms with Crippen molar-refractivity contribution in [2.24, 2.45) is 0 Å². The Morgan fingerprint density at radius 1 is 1.31 bits per heavy atom. The molecule has 0 radical (unpaired) electrons. The third kappa shape index (κ3) is 1.82. The Labute approximate surface area is 102 Å². The largest absolute Gasteiger partial charge is 0.497 e. The maximum Gasteiger partial charge on any atom is 0.237 e. The fraction of sp³-hybridized carbons (Fsp3) is 0.200. The smallest absolute Gasteiger partial charge is 0.237 e. The van der Waals surface area contributed by atoms with E-state index in [1.807, 2.05) is 6.07 Å². The van der Waals surface area contributed by atoms with E-state index in [9.17, 15) is 8.42 Å². The highest BCUT2D eigenvalue weighted by molar-refractivity contribution is 9.10. The second-order valence-corrected chi connectivity index (χ2v) is 6.06. The quantitative estimate of drug-likeness (QED) is 0.855. The summed E-state index contributed by atoms with van der Waals surface area (Å²) in [4.78, 5) is 0. The number of halogens is 1. The topological polar surface area (TPSA) is 48.3 Å². The van der Waals surface area contributed by atoms with E-state index in [1.54, 1.807) is 25.3 Å². The lowest BCUT2D eigenvalue weighted by molar-refractivity contribution is 0.415. The number of aromatic nitrogens is 1. The van der Waals surface area contributed by atoms with Gasteiger partial charge in [-0.2, -0.15) is 0 Å². The molecule has 1 aromatic carbocycles. The summed E-state index contributed by atoms with van der Waals surface area (Å²) in [6.07, 6.45) is 1.16. The molecule has 0 saturated heterocycles. The molecular formula is C10H10BrNO3S. The Kier molecular flexibility index (Phi) is 2.71. The molecular weight excluding hydrogens is 294 g/mol. The highest BCUT2D eigenvalue weighted by atomic mass is 79.9. The maximum absolute atomic E-state index is 11.6. The second kappa shape index (κ2) is 3.78. The van der Waals surface area contributed by atoms with Gasteiger partial charge in [0.25, 0.3) is 0 Å². The number of nitrogens with zero attached hydrogens (tertiary/aromatic N) is 1. The van der Waals surface area contributed by atoms with Crippen LogP contribution < -0.4 is 4.74 Å². The lowest BCUT2D eigenvalue weighted by Crippen LogP contribution is -2.09. The number of hydrogen-bond donors (Lipinski definition) is 0. The summed E-state index contributed by atoms with van der Waals surface area (Å²) < 4.78 is 30.1. The summed E-state index contributed by atoms with van der Waals surface area (Å²) in [6, 6.07) is 7.07. The number of rotatable bonds is 2. The Hall–Kier alpha value is -1.01. The van der Waals surface area contributed by atoms with Gasteiger partial charge in [-0.15, -0.1) is 0 Å². The second-order valence-electron chi connectivity index (χ2n) is 3.42. The summed E-state index contributed by atoms with van der Waals surface area (Å²) in [7, 11) is -1.78. The average molecular weight is 304 g/mol. The molecule has 0 aliphatic carbocycles. The minimum absolute atomic E-state index is 0.512. The SMILES string of the molecule is COc1ccc2cc(Br)n(S(C)(=O)=O)c2c1. The molecule has 2 rings (SSSR count). The zero-order chi connectivity index (χ0) is 11.9. The maximum atomic E-state index is 11.6. The molecule has 0 saturated carbocycles. The Morgan fingerprint density at radius 3 is 2.56 bits per heavy atom. The van der Waals surface area contributed by atoms with E-state index < -0.39 is 10.0 Å². The summed E-state index contributed by atoms with van der Waals surface area (Å²) in [5.74, 6) is 0.628. The van der Waals surface area contributed by atoms with Crippen LogP contribution in [-0.4, -0.2) is 25.8 Å². The first-order valence-electron chi connectivity index (χ1n) is 4.49. The van der Waals surface area contributed by atoms with Gasteiger partial charge in [0.05, 0.1) is 18.9 Å². The van der Waals surface area contributed by atoms with Gasteiger partial charge in [0.15, 0.2) is 0 Å². The third-order valence-corrected chi connectivity index (χ3v) is 4.13. The molecule has 0 bridgehead atoms. The van der Waals surface area contributed by atoms with Crippen molar-refractivity contribution in [2.45, 2.75) is 0 Å². The first-order valence-corrected chi connectivity index (χ1v) is 7.13. The molecule has 86 valence electrons. The van der Waals surface area contributed by atoms with Crippen molar-refractivity contribution in [1.82, 2.24) is 3.97 Å². The molecule has 0 spiro atoms. The van der Waals surface area contributed by atoms with Crippen LogP contribution in [0.2, 0.25) is 0 Å². The van der Waals surface area contributed by atoms with Crippen molar-refractivity contribution in [2.75, 3.05) is 13.4 Å². The summed E-state index contributed by atoms with van der Waals surface area (Å²) in [5.41, 5.74) is 0.605. The molecule has 1 aromatic heterocycles. The molecule has 0 aliphatic rings. The molecule has 16 heavy (non-hydrogen) atoms. The van der Waals surface area contributed by atoms with Crippen LogP contribution in [-0.2, 0) is 10.0 Å². The molecule has 0 amide bonds. The Morgan fingerprint density at radius 2 is 2.00 bits per heavy atom. The van der Waals surface area contributed by atoms with Gasteiger partial charge in [-0.05, 0) is 34.1 Å². The van der Waals surface area contributed by atoms with E-state index in [0.717, 1.165) is 11.6 Å². The van der Waals surface area contributed by atoms with Crippen LogP contribution in [0, 0.1) is 0 Å². The number of methoxy groups -OCH3 is 1. The van der Waals surface area contributed by atoms with E-state index in [4.69, 9.17) is 4.74 Å². The predicted molar refractivity (Wildman–Crippen MR) is 66.4 cm³/mol. The van der Waals surface area contributed by atoms with Crippen molar-refractivity contribution in [3.05, 3.63) is 28.9 Å². The Balaban J connectivity index is 2.87. The molecule has 0 unspecified atom stereocenters. The molecule has 0 aliphatic heterocycles. The highest BCUT2D eigenvalue weighted by Gasteiger charge is 2.15. The molecule has 1 heterocycles. The molecule has 0 N–H and O–H groups in total. The standard InChI is InChI=1S/C10H10BrNO3S/c1-15-8-4-3-7-5-10(11)12(9(7)6-8)16(2,13)14/h3-6H,1-2H3. The van der Waals surface area contributed by atoms with Gasteiger partial charge in [0.1, 0.15) is 10.4 Å². The highest BCUT2D eigenvalue weighted by Crippen LogP contribution is 2.28. The van der Waals surface area contributed by atoms with Gasteiger partial charge in [0.2, 0.25) is 10.0 Å². The molecule has 2 aromatic rings. The predicted octanol–water partition coefficient (Wildman–Crippen LogP) is 2.22. The molecule has 0 fully saturated rings. The fourth-order valence-corrected chi connectivity index (χ4v) is 3.70. The summed E-state index contributed by atoms with van der Waals surface area (Å²) >= 11 is 3.23. The zero-order valence-corrected chi connectivity index (χ0v) is 11.2. The van der Waals surface area contributed by atoms with Crippen molar-refractivity contribution < 1.29 is 13.2 Å². The fourth-order valence-electron chi connectivity index (χ4n) is 1.59. The van der Waals surface area contributed by atoms with Crippen LogP contribution in [0.3, 0.4) is 0 Å². The van der Waals surface area contributed by atoms with Crippen LogP contribution in [0.1, 0.15) is 0 Å². The molecule has 0 atom stereocenters. The number of hydrogen-bond acceptors (Lipinski definition) is 3. The van der Waals surface area contributed by atoms with Gasteiger partial charge in [-0.3, -0.25) is 0 Å². The molecule has 6 heteroatoms. The number of ether oxygens (including phenoxy) is 1. The van der Waals surface area contributed by atoms with E-state index in [2.05, 4.69) is 15.9 Å². The first kappa shape index (κ1) is 11.5. The first-order chi connectivity index (χ1) is 7.43. The zero-order valence-electron chi connectivity index (χ0n) is 8.77.